The largest absolute Gasteiger partial charge is 0.504 e. The van der Waals surface area contributed by atoms with Gasteiger partial charge >= 0.3 is 17.6 Å². The summed E-state index contributed by atoms with van der Waals surface area (Å²) in [6, 6.07) is 2.79. The third-order valence-electron chi connectivity index (χ3n) is 6.72. The van der Waals surface area contributed by atoms with Crippen molar-refractivity contribution in [3.63, 3.8) is 0 Å². The Morgan fingerprint density at radius 1 is 1.10 bits per heavy atom. The van der Waals surface area contributed by atoms with E-state index in [0.29, 0.717) is 0 Å². The number of ether oxygens (including phenoxy) is 3. The first-order valence-corrected chi connectivity index (χ1v) is 14.8. The molecule has 0 spiro atoms. The standard InChI is InChI=1S/C24H32N2O12Si/c1-24(2,3)39(4,5)38-20-19(15(10-27)36-21(20)26-7-6-16(30)25-23(26)34)37-17(31)11-35-22(33)12-8-13(28)18(32)14(29)9-12/h6-9,15,19-21,27-29,32H,10-11H2,1-5H3,(H,25,30,34). The van der Waals surface area contributed by atoms with Gasteiger partial charge in [-0.3, -0.25) is 14.3 Å². The number of rotatable bonds is 8. The molecule has 4 atom stereocenters. The fraction of sp³-hybridized carbons (Fsp3) is 0.500. The second-order valence-corrected chi connectivity index (χ2v) is 15.3. The summed E-state index contributed by atoms with van der Waals surface area (Å²) in [5, 5.41) is 38.3. The van der Waals surface area contributed by atoms with Crippen LogP contribution in [0.5, 0.6) is 17.2 Å². The molecule has 0 bridgehead atoms. The first kappa shape index (κ1) is 29.9. The van der Waals surface area contributed by atoms with E-state index in [4.69, 9.17) is 18.6 Å². The van der Waals surface area contributed by atoms with Gasteiger partial charge in [0.1, 0.15) is 12.2 Å². The number of H-pyrrole nitrogens is 1. The molecule has 0 saturated carbocycles. The zero-order valence-corrected chi connectivity index (χ0v) is 23.0. The Bertz CT molecular complexity index is 1320. The molecule has 39 heavy (non-hydrogen) atoms. The summed E-state index contributed by atoms with van der Waals surface area (Å²) in [6.07, 6.45) is -3.42. The first-order chi connectivity index (χ1) is 18.1. The van der Waals surface area contributed by atoms with Crippen LogP contribution in [0.15, 0.2) is 34.0 Å². The van der Waals surface area contributed by atoms with Crippen LogP contribution in [-0.2, 0) is 23.4 Å². The van der Waals surface area contributed by atoms with Gasteiger partial charge in [0.2, 0.25) is 0 Å². The molecular weight excluding hydrogens is 536 g/mol. The predicted octanol–water partition coefficient (Wildman–Crippen LogP) is 0.702. The average Bonchev–Trinajstić information content (AvgIpc) is 3.15. The highest BCUT2D eigenvalue weighted by molar-refractivity contribution is 6.74. The Morgan fingerprint density at radius 2 is 1.72 bits per heavy atom. The third kappa shape index (κ3) is 6.50. The number of benzene rings is 1. The zero-order valence-electron chi connectivity index (χ0n) is 22.0. The topological polar surface area (TPSA) is 207 Å². The van der Waals surface area contributed by atoms with Crippen LogP contribution in [0.25, 0.3) is 0 Å². The van der Waals surface area contributed by atoms with E-state index in [1.165, 1.54) is 6.20 Å². The molecule has 2 aromatic rings. The van der Waals surface area contributed by atoms with Gasteiger partial charge in [0, 0.05) is 12.3 Å². The number of aromatic hydroxyl groups is 3. The highest BCUT2D eigenvalue weighted by atomic mass is 28.4. The monoisotopic (exact) mass is 568 g/mol. The molecule has 3 rings (SSSR count). The number of carbonyl (C=O) groups is 2. The van der Waals surface area contributed by atoms with Crippen molar-refractivity contribution in [3.8, 4) is 17.2 Å². The summed E-state index contributed by atoms with van der Waals surface area (Å²) in [5.74, 6) is -4.52. The fourth-order valence-electron chi connectivity index (χ4n) is 3.61. The first-order valence-electron chi connectivity index (χ1n) is 11.9. The number of carbonyl (C=O) groups excluding carboxylic acids is 2. The molecule has 15 heteroatoms. The molecule has 0 aliphatic carbocycles. The molecule has 0 radical (unpaired) electrons. The average molecular weight is 569 g/mol. The number of aromatic nitrogens is 2. The van der Waals surface area contributed by atoms with Crippen LogP contribution in [0.2, 0.25) is 18.1 Å². The van der Waals surface area contributed by atoms with E-state index in [1.807, 2.05) is 33.9 Å². The van der Waals surface area contributed by atoms with E-state index >= 15 is 0 Å². The van der Waals surface area contributed by atoms with Crippen LogP contribution in [-0.4, -0.2) is 81.8 Å². The minimum Gasteiger partial charge on any atom is -0.504 e. The molecule has 1 aliphatic heterocycles. The van der Waals surface area contributed by atoms with Crippen LogP contribution in [0.1, 0.15) is 37.4 Å². The number of aromatic amines is 1. The molecular formula is C24H32N2O12Si. The summed E-state index contributed by atoms with van der Waals surface area (Å²) >= 11 is 0. The maximum atomic E-state index is 12.7. The van der Waals surface area contributed by atoms with Gasteiger partial charge in [-0.25, -0.2) is 14.4 Å². The molecule has 5 N–H and O–H groups in total. The Hall–Kier alpha value is -3.66. The molecule has 1 aromatic carbocycles. The maximum Gasteiger partial charge on any atom is 0.344 e. The minimum atomic E-state index is -2.60. The van der Waals surface area contributed by atoms with Crippen molar-refractivity contribution in [1.29, 1.82) is 0 Å². The lowest BCUT2D eigenvalue weighted by Gasteiger charge is -2.40. The van der Waals surface area contributed by atoms with Gasteiger partial charge in [-0.05, 0) is 30.3 Å². The van der Waals surface area contributed by atoms with Crippen LogP contribution in [0, 0.1) is 0 Å². The van der Waals surface area contributed by atoms with Crippen molar-refractivity contribution >= 4 is 20.3 Å². The second kappa shape index (κ2) is 11.2. The van der Waals surface area contributed by atoms with Crippen LogP contribution < -0.4 is 11.2 Å². The lowest BCUT2D eigenvalue weighted by molar-refractivity contribution is -0.159. The van der Waals surface area contributed by atoms with Crippen molar-refractivity contribution in [2.75, 3.05) is 13.2 Å². The Morgan fingerprint density at radius 3 is 2.26 bits per heavy atom. The number of nitrogens with one attached hydrogen (secondary N) is 1. The molecule has 14 nitrogen and oxygen atoms in total. The summed E-state index contributed by atoms with van der Waals surface area (Å²) in [5.41, 5.74) is -1.77. The minimum absolute atomic E-state index is 0.309. The number of phenols is 3. The number of aliphatic hydroxyl groups excluding tert-OH is 1. The summed E-state index contributed by atoms with van der Waals surface area (Å²) in [4.78, 5) is 51.3. The SMILES string of the molecule is CC(C)(C)[Si](C)(C)OC1C(OC(=O)COC(=O)c2cc(O)c(O)c(O)c2)C(CO)OC1n1ccc(=O)[nH]c1=O. The normalized spacial score (nSPS) is 21.5. The predicted molar refractivity (Wildman–Crippen MR) is 136 cm³/mol. The Labute approximate surface area is 223 Å². The van der Waals surface area contributed by atoms with E-state index < -0.39 is 86.5 Å². The second-order valence-electron chi connectivity index (χ2n) is 10.5. The van der Waals surface area contributed by atoms with Gasteiger partial charge in [0.25, 0.3) is 5.56 Å². The quantitative estimate of drug-likeness (QED) is 0.169. The van der Waals surface area contributed by atoms with Crippen molar-refractivity contribution in [1.82, 2.24) is 9.55 Å². The summed E-state index contributed by atoms with van der Waals surface area (Å²) < 4.78 is 23.8. The van der Waals surface area contributed by atoms with E-state index in [0.717, 1.165) is 22.8 Å². The Kier molecular flexibility index (Phi) is 8.59. The number of hydrogen-bond donors (Lipinski definition) is 5. The van der Waals surface area contributed by atoms with E-state index in [1.54, 1.807) is 0 Å². The van der Waals surface area contributed by atoms with Crippen LogP contribution >= 0.6 is 0 Å². The molecule has 214 valence electrons. The molecule has 0 amide bonds. The van der Waals surface area contributed by atoms with Gasteiger partial charge in [0.15, 0.2) is 44.5 Å². The molecule has 1 fully saturated rings. The highest BCUT2D eigenvalue weighted by Gasteiger charge is 2.52. The smallest absolute Gasteiger partial charge is 0.344 e. The number of esters is 2. The number of nitrogens with zero attached hydrogens (tertiary/aromatic N) is 1. The van der Waals surface area contributed by atoms with E-state index in [9.17, 15) is 39.6 Å². The van der Waals surface area contributed by atoms with Crippen LogP contribution in [0.3, 0.4) is 0 Å². The van der Waals surface area contributed by atoms with Crippen molar-refractivity contribution in [2.24, 2.45) is 0 Å². The van der Waals surface area contributed by atoms with Gasteiger partial charge < -0.3 is 39.1 Å². The molecule has 2 heterocycles. The van der Waals surface area contributed by atoms with Gasteiger partial charge in [-0.15, -0.1) is 0 Å². The van der Waals surface area contributed by atoms with Crippen molar-refractivity contribution in [3.05, 3.63) is 50.8 Å². The summed E-state index contributed by atoms with van der Waals surface area (Å²) in [7, 11) is -2.60. The number of hydrogen-bond acceptors (Lipinski definition) is 12. The molecule has 1 saturated heterocycles. The highest BCUT2D eigenvalue weighted by Crippen LogP contribution is 2.42. The maximum absolute atomic E-state index is 12.7. The number of phenolic OH excluding ortho intramolecular Hbond substituents is 3. The van der Waals surface area contributed by atoms with Gasteiger partial charge in [-0.2, -0.15) is 0 Å². The molecule has 1 aliphatic rings. The van der Waals surface area contributed by atoms with Gasteiger partial charge in [-0.1, -0.05) is 20.8 Å². The molecule has 4 unspecified atom stereocenters. The number of aliphatic hydroxyl groups is 1. The van der Waals surface area contributed by atoms with Crippen molar-refractivity contribution in [2.45, 2.75) is 63.4 Å². The van der Waals surface area contributed by atoms with Crippen molar-refractivity contribution < 1.29 is 48.7 Å². The summed E-state index contributed by atoms with van der Waals surface area (Å²) in [6.45, 7) is 8.25. The lowest BCUT2D eigenvalue weighted by Crippen LogP contribution is -2.51. The van der Waals surface area contributed by atoms with E-state index in [-0.39, 0.29) is 10.6 Å². The van der Waals surface area contributed by atoms with E-state index in [2.05, 4.69) is 4.98 Å². The van der Waals surface area contributed by atoms with Gasteiger partial charge in [0.05, 0.1) is 12.2 Å². The third-order valence-corrected chi connectivity index (χ3v) is 11.2. The fourth-order valence-corrected chi connectivity index (χ4v) is 4.89. The Balaban J connectivity index is 1.85. The van der Waals surface area contributed by atoms with Crippen LogP contribution in [0.4, 0.5) is 0 Å². The molecule has 1 aromatic heterocycles. The lowest BCUT2D eigenvalue weighted by atomic mass is 10.1. The zero-order chi connectivity index (χ0) is 29.3.